The van der Waals surface area contributed by atoms with Crippen molar-refractivity contribution in [3.8, 4) is 5.75 Å². The summed E-state index contributed by atoms with van der Waals surface area (Å²) >= 11 is 0. The summed E-state index contributed by atoms with van der Waals surface area (Å²) in [5.41, 5.74) is 3.92. The largest absolute Gasteiger partial charge is 0.497 e. The molecule has 8 nitrogen and oxygen atoms in total. The maximum Gasteiger partial charge on any atom is 0.274 e. The molecule has 4 aromatic rings. The van der Waals surface area contributed by atoms with Gasteiger partial charge in [-0.3, -0.25) is 13.5 Å². The molecule has 34 heavy (non-hydrogen) atoms. The highest BCUT2D eigenvalue weighted by molar-refractivity contribution is 7.92. The van der Waals surface area contributed by atoms with Crippen LogP contribution >= 0.6 is 0 Å². The number of carbonyl (C=O) groups is 1. The Labute approximate surface area is 197 Å². The fourth-order valence-electron chi connectivity index (χ4n) is 4.34. The topological polar surface area (TPSA) is 93.0 Å². The zero-order valence-corrected chi connectivity index (χ0v) is 19.7. The number of fused-ring (bicyclic) bond motifs is 2. The molecule has 0 atom stereocenters. The van der Waals surface area contributed by atoms with E-state index >= 15 is 0 Å². The first-order chi connectivity index (χ1) is 16.4. The van der Waals surface area contributed by atoms with Crippen molar-refractivity contribution in [2.24, 2.45) is 0 Å². The van der Waals surface area contributed by atoms with Crippen LogP contribution in [0.25, 0.3) is 5.65 Å². The van der Waals surface area contributed by atoms with Gasteiger partial charge in [-0.1, -0.05) is 6.07 Å². The molecule has 0 radical (unpaired) electrons. The normalized spacial score (nSPS) is 13.5. The van der Waals surface area contributed by atoms with Crippen molar-refractivity contribution in [1.29, 1.82) is 0 Å². The number of aromatic nitrogens is 2. The van der Waals surface area contributed by atoms with Crippen molar-refractivity contribution in [2.45, 2.75) is 24.7 Å². The number of imidazole rings is 1. The Morgan fingerprint density at radius 3 is 2.65 bits per heavy atom. The van der Waals surface area contributed by atoms with Crippen LogP contribution in [-0.4, -0.2) is 37.4 Å². The van der Waals surface area contributed by atoms with Crippen LogP contribution in [0.15, 0.2) is 71.8 Å². The molecule has 9 heteroatoms. The Balaban J connectivity index is 1.43. The quantitative estimate of drug-likeness (QED) is 0.469. The van der Waals surface area contributed by atoms with E-state index in [1.165, 1.54) is 11.4 Å². The third-order valence-corrected chi connectivity index (χ3v) is 7.81. The first kappa shape index (κ1) is 22.0. The maximum atomic E-state index is 13.3. The highest BCUT2D eigenvalue weighted by atomic mass is 32.2. The smallest absolute Gasteiger partial charge is 0.274 e. The second kappa shape index (κ2) is 8.49. The highest BCUT2D eigenvalue weighted by Gasteiger charge is 2.29. The second-order valence-corrected chi connectivity index (χ2v) is 9.99. The van der Waals surface area contributed by atoms with E-state index < -0.39 is 10.0 Å². The molecular formula is C25H24N4O4S. The number of benzene rings is 2. The average molecular weight is 477 g/mol. The van der Waals surface area contributed by atoms with E-state index in [0.717, 1.165) is 12.0 Å². The fraction of sp³-hybridized carbons (Fsp3) is 0.200. The van der Waals surface area contributed by atoms with Gasteiger partial charge in [-0.25, -0.2) is 13.4 Å². The van der Waals surface area contributed by atoms with Gasteiger partial charge in [-0.05, 0) is 79.9 Å². The van der Waals surface area contributed by atoms with Gasteiger partial charge in [0.1, 0.15) is 17.1 Å². The Morgan fingerprint density at radius 2 is 1.88 bits per heavy atom. The van der Waals surface area contributed by atoms with Crippen molar-refractivity contribution in [2.75, 3.05) is 23.3 Å². The van der Waals surface area contributed by atoms with Crippen LogP contribution in [0, 0.1) is 6.92 Å². The Kier molecular flexibility index (Phi) is 5.49. The SMILES string of the molecule is COc1ccc(S(=O)(=O)N2CCCc3cc(NC(=O)c4c(C)nc5ccccn45)ccc32)cc1. The Bertz CT molecular complexity index is 1490. The minimum atomic E-state index is -3.72. The lowest BCUT2D eigenvalue weighted by atomic mass is 10.0. The minimum absolute atomic E-state index is 0.210. The van der Waals surface area contributed by atoms with Crippen molar-refractivity contribution >= 4 is 33.0 Å². The first-order valence-electron chi connectivity index (χ1n) is 10.9. The molecule has 1 aliphatic rings. The number of hydrogen-bond acceptors (Lipinski definition) is 5. The van der Waals surface area contributed by atoms with E-state index in [2.05, 4.69) is 10.3 Å². The van der Waals surface area contributed by atoms with Crippen molar-refractivity contribution in [3.05, 3.63) is 83.8 Å². The number of methoxy groups -OCH3 is 1. The number of pyridine rings is 1. The van der Waals surface area contributed by atoms with Gasteiger partial charge in [-0.2, -0.15) is 0 Å². The number of hydrogen-bond donors (Lipinski definition) is 1. The standard InChI is InChI=1S/C25H24N4O4S/c1-17-24(28-14-4-3-7-23(28)26-17)25(30)27-19-8-13-22-18(16-19)6-5-15-29(22)34(31,32)21-11-9-20(33-2)10-12-21/h3-4,7-14,16H,5-6,15H2,1-2H3,(H,27,30). The third kappa shape index (κ3) is 3.77. The van der Waals surface area contributed by atoms with Crippen molar-refractivity contribution < 1.29 is 17.9 Å². The van der Waals surface area contributed by atoms with Gasteiger partial charge in [0, 0.05) is 18.4 Å². The van der Waals surface area contributed by atoms with E-state index in [1.54, 1.807) is 53.9 Å². The van der Waals surface area contributed by atoms with Gasteiger partial charge in [0.25, 0.3) is 15.9 Å². The van der Waals surface area contributed by atoms with Crippen LogP contribution in [0.3, 0.4) is 0 Å². The second-order valence-electron chi connectivity index (χ2n) is 8.13. The molecule has 174 valence electrons. The molecule has 0 spiro atoms. The van der Waals surface area contributed by atoms with Crippen LogP contribution in [0.2, 0.25) is 0 Å². The van der Waals surface area contributed by atoms with Gasteiger partial charge in [-0.15, -0.1) is 0 Å². The molecular weight excluding hydrogens is 452 g/mol. The molecule has 2 aromatic heterocycles. The molecule has 2 aromatic carbocycles. The molecule has 0 unspecified atom stereocenters. The summed E-state index contributed by atoms with van der Waals surface area (Å²) in [4.78, 5) is 17.7. The maximum absolute atomic E-state index is 13.3. The molecule has 1 N–H and O–H groups in total. The van der Waals surface area contributed by atoms with E-state index in [4.69, 9.17) is 4.74 Å². The van der Waals surface area contributed by atoms with Crippen LogP contribution in [0.1, 0.15) is 28.2 Å². The molecule has 3 heterocycles. The molecule has 0 saturated heterocycles. The average Bonchev–Trinajstić information content (AvgIpc) is 3.19. The van der Waals surface area contributed by atoms with Gasteiger partial charge in [0.15, 0.2) is 0 Å². The van der Waals surface area contributed by atoms with Gasteiger partial charge in [0.05, 0.1) is 23.4 Å². The summed E-state index contributed by atoms with van der Waals surface area (Å²) in [6, 6.07) is 17.3. The summed E-state index contributed by atoms with van der Waals surface area (Å²) in [5, 5.41) is 2.94. The van der Waals surface area contributed by atoms with Gasteiger partial charge < -0.3 is 10.1 Å². The zero-order valence-electron chi connectivity index (χ0n) is 18.9. The van der Waals surface area contributed by atoms with E-state index in [9.17, 15) is 13.2 Å². The summed E-state index contributed by atoms with van der Waals surface area (Å²) < 4.78 is 35.0. The number of sulfonamides is 1. The number of nitrogens with zero attached hydrogens (tertiary/aromatic N) is 3. The van der Waals surface area contributed by atoms with E-state index in [-0.39, 0.29) is 10.8 Å². The lowest BCUT2D eigenvalue weighted by Crippen LogP contribution is -2.35. The molecule has 5 rings (SSSR count). The molecule has 0 fully saturated rings. The van der Waals surface area contributed by atoms with Crippen LogP contribution in [0.5, 0.6) is 5.75 Å². The number of aryl methyl sites for hydroxylation is 2. The van der Waals surface area contributed by atoms with Crippen LogP contribution < -0.4 is 14.4 Å². The number of anilines is 2. The van der Waals surface area contributed by atoms with Gasteiger partial charge in [0.2, 0.25) is 0 Å². The summed E-state index contributed by atoms with van der Waals surface area (Å²) in [6.45, 7) is 2.20. The Morgan fingerprint density at radius 1 is 1.09 bits per heavy atom. The van der Waals surface area contributed by atoms with Gasteiger partial charge >= 0.3 is 0 Å². The summed E-state index contributed by atoms with van der Waals surface area (Å²) in [6.07, 6.45) is 3.22. The number of nitrogens with one attached hydrogen (secondary N) is 1. The summed E-state index contributed by atoms with van der Waals surface area (Å²) in [5.74, 6) is 0.328. The molecule has 1 aliphatic heterocycles. The third-order valence-electron chi connectivity index (χ3n) is 5.98. The molecule has 0 aliphatic carbocycles. The van der Waals surface area contributed by atoms with E-state index in [1.807, 2.05) is 24.3 Å². The Hall–Kier alpha value is -3.85. The predicted molar refractivity (Wildman–Crippen MR) is 130 cm³/mol. The molecule has 0 saturated carbocycles. The van der Waals surface area contributed by atoms with Crippen LogP contribution in [-0.2, 0) is 16.4 Å². The highest BCUT2D eigenvalue weighted by Crippen LogP contribution is 2.34. The number of carbonyl (C=O) groups excluding carboxylic acids is 1. The summed E-state index contributed by atoms with van der Waals surface area (Å²) in [7, 11) is -2.18. The number of rotatable bonds is 5. The van der Waals surface area contributed by atoms with E-state index in [0.29, 0.717) is 47.1 Å². The van der Waals surface area contributed by atoms with Crippen molar-refractivity contribution in [1.82, 2.24) is 9.38 Å². The number of ether oxygens (including phenoxy) is 1. The number of amides is 1. The predicted octanol–water partition coefficient (Wildman–Crippen LogP) is 4.05. The molecule has 0 bridgehead atoms. The molecule has 1 amide bonds. The lowest BCUT2D eigenvalue weighted by Gasteiger charge is -2.31. The minimum Gasteiger partial charge on any atom is -0.497 e. The van der Waals surface area contributed by atoms with Crippen LogP contribution in [0.4, 0.5) is 11.4 Å². The van der Waals surface area contributed by atoms with Crippen molar-refractivity contribution in [3.63, 3.8) is 0 Å². The first-order valence-corrected chi connectivity index (χ1v) is 12.4. The zero-order chi connectivity index (χ0) is 23.9. The monoisotopic (exact) mass is 476 g/mol. The lowest BCUT2D eigenvalue weighted by molar-refractivity contribution is 0.102. The fourth-order valence-corrected chi connectivity index (χ4v) is 5.88.